The van der Waals surface area contributed by atoms with Gasteiger partial charge in [0.2, 0.25) is 0 Å². The van der Waals surface area contributed by atoms with Crippen molar-refractivity contribution in [3.05, 3.63) is 47.5 Å². The van der Waals surface area contributed by atoms with Gasteiger partial charge in [-0.2, -0.15) is 0 Å². The van der Waals surface area contributed by atoms with Crippen LogP contribution in [-0.4, -0.2) is 25.5 Å². The molecule has 0 aliphatic rings. The second-order valence-corrected chi connectivity index (χ2v) is 5.41. The van der Waals surface area contributed by atoms with Crippen molar-refractivity contribution in [2.75, 3.05) is 5.32 Å². The minimum atomic E-state index is -0.655. The van der Waals surface area contributed by atoms with Crippen molar-refractivity contribution in [1.82, 2.24) is 14.5 Å². The Morgan fingerprint density at radius 2 is 2.18 bits per heavy atom. The van der Waals surface area contributed by atoms with Gasteiger partial charge in [-0.05, 0) is 38.1 Å². The van der Waals surface area contributed by atoms with E-state index in [1.54, 1.807) is 19.1 Å². The normalized spacial score (nSPS) is 12.5. The summed E-state index contributed by atoms with van der Waals surface area (Å²) in [4.78, 5) is 19.6. The van der Waals surface area contributed by atoms with Gasteiger partial charge in [0.1, 0.15) is 11.9 Å². The number of nitrogens with zero attached hydrogens (tertiary/aromatic N) is 2. The van der Waals surface area contributed by atoms with Crippen molar-refractivity contribution in [1.29, 1.82) is 0 Å². The van der Waals surface area contributed by atoms with Crippen molar-refractivity contribution in [3.63, 3.8) is 0 Å². The third kappa shape index (κ3) is 2.48. The maximum atomic E-state index is 12.3. The summed E-state index contributed by atoms with van der Waals surface area (Å²) in [7, 11) is 1.90. The van der Waals surface area contributed by atoms with Crippen LogP contribution in [0.4, 0.5) is 5.69 Å². The van der Waals surface area contributed by atoms with Gasteiger partial charge >= 0.3 is 0 Å². The molecule has 6 nitrogen and oxygen atoms in total. The zero-order valence-corrected chi connectivity index (χ0v) is 12.7. The number of nitrogens with one attached hydrogen (secondary N) is 2. The second kappa shape index (κ2) is 5.31. The lowest BCUT2D eigenvalue weighted by Crippen LogP contribution is -2.12. The van der Waals surface area contributed by atoms with Gasteiger partial charge in [0.25, 0.3) is 5.91 Å². The predicted octanol–water partition coefficient (Wildman–Crippen LogP) is 2.52. The maximum Gasteiger partial charge on any atom is 0.257 e. The minimum absolute atomic E-state index is 0.146. The van der Waals surface area contributed by atoms with Crippen molar-refractivity contribution in [2.24, 2.45) is 7.05 Å². The largest absolute Gasteiger partial charge is 0.385 e. The number of rotatable bonds is 3. The number of aliphatic hydroxyl groups is 1. The van der Waals surface area contributed by atoms with Crippen LogP contribution in [0.2, 0.25) is 0 Å². The summed E-state index contributed by atoms with van der Waals surface area (Å²) in [6.45, 7) is 3.56. The number of aryl methyl sites for hydroxylation is 1. The number of amides is 1. The first-order chi connectivity index (χ1) is 10.5. The Morgan fingerprint density at radius 3 is 2.82 bits per heavy atom. The molecule has 22 heavy (non-hydrogen) atoms. The van der Waals surface area contributed by atoms with E-state index in [-0.39, 0.29) is 5.91 Å². The number of anilines is 1. The van der Waals surface area contributed by atoms with Crippen LogP contribution < -0.4 is 5.32 Å². The van der Waals surface area contributed by atoms with E-state index < -0.39 is 6.10 Å². The van der Waals surface area contributed by atoms with E-state index >= 15 is 0 Å². The van der Waals surface area contributed by atoms with Crippen molar-refractivity contribution < 1.29 is 9.90 Å². The molecule has 6 heteroatoms. The molecule has 0 saturated heterocycles. The summed E-state index contributed by atoms with van der Waals surface area (Å²) in [6, 6.07) is 7.21. The number of aliphatic hydroxyl groups excluding tert-OH is 1. The lowest BCUT2D eigenvalue weighted by molar-refractivity contribution is 0.102. The van der Waals surface area contributed by atoms with Crippen LogP contribution >= 0.6 is 0 Å². The van der Waals surface area contributed by atoms with E-state index in [0.29, 0.717) is 17.1 Å². The third-order valence-corrected chi connectivity index (χ3v) is 3.78. The summed E-state index contributed by atoms with van der Waals surface area (Å²) in [6.07, 6.45) is 1.20. The molecule has 2 aromatic heterocycles. The van der Waals surface area contributed by atoms with Crippen LogP contribution in [0.5, 0.6) is 0 Å². The summed E-state index contributed by atoms with van der Waals surface area (Å²) in [5, 5.41) is 12.4. The Bertz CT molecular complexity index is 845. The number of imidazole rings is 1. The standard InChI is InChI=1S/C16H18N4O2/c1-9-12(6-7-20(9)3)16(22)17-11-4-5-13-14(8-11)19-15(18-13)10(2)21/h4-8,10,21H,1-3H3,(H,17,22)(H,18,19). The number of carbonyl (C=O) groups is 1. The molecule has 2 heterocycles. The Labute approximate surface area is 127 Å². The Hall–Kier alpha value is -2.60. The molecule has 0 aliphatic carbocycles. The monoisotopic (exact) mass is 298 g/mol. The Kier molecular flexibility index (Phi) is 3.46. The van der Waals surface area contributed by atoms with Gasteiger partial charge in [-0.25, -0.2) is 4.98 Å². The number of aromatic nitrogens is 3. The number of H-pyrrole nitrogens is 1. The van der Waals surface area contributed by atoms with E-state index in [9.17, 15) is 9.90 Å². The summed E-state index contributed by atoms with van der Waals surface area (Å²) in [5.74, 6) is 0.366. The van der Waals surface area contributed by atoms with Crippen LogP contribution in [0.3, 0.4) is 0 Å². The number of carbonyl (C=O) groups excluding carboxylic acids is 1. The van der Waals surface area contributed by atoms with Gasteiger partial charge in [-0.3, -0.25) is 4.79 Å². The molecular formula is C16H18N4O2. The SMILES string of the molecule is Cc1c(C(=O)Nc2ccc3nc(C(C)O)[nH]c3c2)ccn1C. The summed E-state index contributed by atoms with van der Waals surface area (Å²) >= 11 is 0. The smallest absolute Gasteiger partial charge is 0.257 e. The van der Waals surface area contributed by atoms with Crippen LogP contribution in [-0.2, 0) is 7.05 Å². The molecule has 3 N–H and O–H groups in total. The zero-order valence-electron chi connectivity index (χ0n) is 12.7. The van der Waals surface area contributed by atoms with Gasteiger partial charge in [0.15, 0.2) is 0 Å². The first-order valence-electron chi connectivity index (χ1n) is 7.06. The van der Waals surface area contributed by atoms with Gasteiger partial charge in [0.05, 0.1) is 16.6 Å². The molecule has 0 fully saturated rings. The van der Waals surface area contributed by atoms with E-state index in [2.05, 4.69) is 15.3 Å². The molecule has 0 radical (unpaired) electrons. The first kappa shape index (κ1) is 14.3. The number of fused-ring (bicyclic) bond motifs is 1. The highest BCUT2D eigenvalue weighted by molar-refractivity contribution is 6.05. The van der Waals surface area contributed by atoms with Crippen molar-refractivity contribution in [2.45, 2.75) is 20.0 Å². The second-order valence-electron chi connectivity index (χ2n) is 5.41. The van der Waals surface area contributed by atoms with Crippen LogP contribution in [0, 0.1) is 6.92 Å². The summed E-state index contributed by atoms with van der Waals surface area (Å²) in [5.41, 5.74) is 3.78. The third-order valence-electron chi connectivity index (χ3n) is 3.78. The molecule has 0 bridgehead atoms. The van der Waals surface area contributed by atoms with E-state index in [1.165, 1.54) is 0 Å². The fourth-order valence-electron chi connectivity index (χ4n) is 2.35. The first-order valence-corrected chi connectivity index (χ1v) is 7.06. The van der Waals surface area contributed by atoms with Crippen molar-refractivity contribution in [3.8, 4) is 0 Å². The number of hydrogen-bond acceptors (Lipinski definition) is 3. The lowest BCUT2D eigenvalue weighted by atomic mass is 10.2. The highest BCUT2D eigenvalue weighted by Crippen LogP contribution is 2.20. The molecule has 1 aromatic carbocycles. The predicted molar refractivity (Wildman–Crippen MR) is 84.8 cm³/mol. The van der Waals surface area contributed by atoms with Crippen LogP contribution in [0.25, 0.3) is 11.0 Å². The molecule has 1 amide bonds. The number of hydrogen-bond donors (Lipinski definition) is 3. The maximum absolute atomic E-state index is 12.3. The van der Waals surface area contributed by atoms with Crippen molar-refractivity contribution >= 4 is 22.6 Å². The molecule has 1 atom stereocenters. The fraction of sp³-hybridized carbons (Fsp3) is 0.250. The van der Waals surface area contributed by atoms with Gasteiger partial charge in [-0.1, -0.05) is 0 Å². The number of aromatic amines is 1. The average Bonchev–Trinajstić information content (AvgIpc) is 3.03. The summed E-state index contributed by atoms with van der Waals surface area (Å²) < 4.78 is 1.90. The molecule has 114 valence electrons. The highest BCUT2D eigenvalue weighted by Gasteiger charge is 2.13. The van der Waals surface area contributed by atoms with E-state index in [4.69, 9.17) is 0 Å². The van der Waals surface area contributed by atoms with E-state index in [0.717, 1.165) is 16.7 Å². The van der Waals surface area contributed by atoms with E-state index in [1.807, 2.05) is 36.9 Å². The minimum Gasteiger partial charge on any atom is -0.385 e. The van der Waals surface area contributed by atoms with Gasteiger partial charge in [-0.15, -0.1) is 0 Å². The quantitative estimate of drug-likeness (QED) is 0.695. The fourth-order valence-corrected chi connectivity index (χ4v) is 2.35. The molecule has 1 unspecified atom stereocenters. The molecule has 3 aromatic rings. The molecule has 0 aliphatic heterocycles. The molecule has 0 saturated carbocycles. The highest BCUT2D eigenvalue weighted by atomic mass is 16.3. The lowest BCUT2D eigenvalue weighted by Gasteiger charge is -2.05. The molecular weight excluding hydrogens is 280 g/mol. The molecule has 0 spiro atoms. The zero-order chi connectivity index (χ0) is 15.9. The van der Waals surface area contributed by atoms with Gasteiger partial charge < -0.3 is 20.0 Å². The topological polar surface area (TPSA) is 82.9 Å². The van der Waals surface area contributed by atoms with Gasteiger partial charge in [0, 0.05) is 24.6 Å². The Balaban J connectivity index is 1.87. The Morgan fingerprint density at radius 1 is 1.41 bits per heavy atom. The number of benzene rings is 1. The van der Waals surface area contributed by atoms with Crippen LogP contribution in [0.15, 0.2) is 30.5 Å². The van der Waals surface area contributed by atoms with Crippen LogP contribution in [0.1, 0.15) is 34.9 Å². The average molecular weight is 298 g/mol. The molecule has 3 rings (SSSR count).